The van der Waals surface area contributed by atoms with E-state index in [-0.39, 0.29) is 5.91 Å². The lowest BCUT2D eigenvalue weighted by atomic mass is 10.2. The maximum absolute atomic E-state index is 11.8. The SMILES string of the molecule is CCCNC(=O)C[NH+](C)Cn1nc(-c2ccc(OC)cc2)n(C)c1=S. The summed E-state index contributed by atoms with van der Waals surface area (Å²) in [5.41, 5.74) is 0.964. The van der Waals surface area contributed by atoms with Gasteiger partial charge < -0.3 is 19.5 Å². The molecule has 1 aromatic carbocycles. The van der Waals surface area contributed by atoms with Crippen molar-refractivity contribution in [2.24, 2.45) is 7.05 Å². The highest BCUT2D eigenvalue weighted by Gasteiger charge is 2.15. The molecule has 2 N–H and O–H groups in total. The lowest BCUT2D eigenvalue weighted by Crippen LogP contribution is -3.09. The van der Waals surface area contributed by atoms with Gasteiger partial charge in [0.1, 0.15) is 5.75 Å². The van der Waals surface area contributed by atoms with Crippen LogP contribution in [-0.2, 0) is 18.5 Å². The van der Waals surface area contributed by atoms with Gasteiger partial charge >= 0.3 is 0 Å². The number of nitrogens with zero attached hydrogens (tertiary/aromatic N) is 3. The molecule has 0 aliphatic carbocycles. The molecule has 0 saturated carbocycles. The summed E-state index contributed by atoms with van der Waals surface area (Å²) in [7, 11) is 5.49. The van der Waals surface area contributed by atoms with Crippen LogP contribution < -0.4 is 15.0 Å². The van der Waals surface area contributed by atoms with Crippen molar-refractivity contribution in [1.29, 1.82) is 0 Å². The van der Waals surface area contributed by atoms with Gasteiger partial charge in [0.25, 0.3) is 5.91 Å². The van der Waals surface area contributed by atoms with Gasteiger partial charge in [0.15, 0.2) is 19.0 Å². The summed E-state index contributed by atoms with van der Waals surface area (Å²) in [6.45, 7) is 3.65. The molecule has 25 heavy (non-hydrogen) atoms. The zero-order chi connectivity index (χ0) is 18.4. The first-order valence-corrected chi connectivity index (χ1v) is 8.73. The predicted octanol–water partition coefficient (Wildman–Crippen LogP) is 0.625. The number of methoxy groups -OCH3 is 1. The van der Waals surface area contributed by atoms with Crippen LogP contribution in [0, 0.1) is 4.77 Å². The van der Waals surface area contributed by atoms with Crippen molar-refractivity contribution in [3.05, 3.63) is 29.0 Å². The molecule has 136 valence electrons. The number of carbonyl (C=O) groups is 1. The molecule has 8 heteroatoms. The van der Waals surface area contributed by atoms with E-state index in [2.05, 4.69) is 10.4 Å². The highest BCUT2D eigenvalue weighted by atomic mass is 32.1. The summed E-state index contributed by atoms with van der Waals surface area (Å²) in [6, 6.07) is 7.70. The number of amides is 1. The molecular formula is C17H26N5O2S+. The van der Waals surface area contributed by atoms with Crippen LogP contribution in [0.4, 0.5) is 0 Å². The molecule has 1 aromatic heterocycles. The number of ether oxygens (including phenoxy) is 1. The zero-order valence-electron chi connectivity index (χ0n) is 15.2. The van der Waals surface area contributed by atoms with E-state index in [1.165, 1.54) is 0 Å². The molecule has 1 atom stereocenters. The largest absolute Gasteiger partial charge is 0.497 e. The number of likely N-dealkylation sites (N-methyl/N-ethyl adjacent to an activating group) is 1. The van der Waals surface area contributed by atoms with E-state index >= 15 is 0 Å². The average molecular weight is 364 g/mol. The molecule has 0 aliphatic heterocycles. The molecule has 0 bridgehead atoms. The van der Waals surface area contributed by atoms with Crippen molar-refractivity contribution in [1.82, 2.24) is 19.7 Å². The number of quaternary nitrogens is 1. The second kappa shape index (κ2) is 8.77. The van der Waals surface area contributed by atoms with E-state index in [0.29, 0.717) is 24.5 Å². The Hall–Kier alpha value is -2.19. The summed E-state index contributed by atoms with van der Waals surface area (Å²) in [6.07, 6.45) is 0.932. The van der Waals surface area contributed by atoms with Crippen molar-refractivity contribution >= 4 is 18.1 Å². The third-order valence-corrected chi connectivity index (χ3v) is 4.33. The number of nitrogens with one attached hydrogen (secondary N) is 2. The molecule has 0 radical (unpaired) electrons. The Balaban J connectivity index is 2.12. The third kappa shape index (κ3) is 4.90. The van der Waals surface area contributed by atoms with Gasteiger partial charge in [0.05, 0.1) is 14.2 Å². The highest BCUT2D eigenvalue weighted by Crippen LogP contribution is 2.20. The molecule has 0 spiro atoms. The fraction of sp³-hybridized carbons (Fsp3) is 0.471. The Kier molecular flexibility index (Phi) is 6.72. The fourth-order valence-electron chi connectivity index (χ4n) is 2.49. The summed E-state index contributed by atoms with van der Waals surface area (Å²) in [4.78, 5) is 12.9. The predicted molar refractivity (Wildman–Crippen MR) is 99.1 cm³/mol. The number of aromatic nitrogens is 3. The maximum Gasteiger partial charge on any atom is 0.275 e. The third-order valence-electron chi connectivity index (χ3n) is 3.84. The standard InChI is InChI=1S/C17H25N5O2S/c1-5-10-18-15(23)11-20(2)12-22-17(25)21(3)16(19-22)13-6-8-14(24-4)9-7-13/h6-9H,5,10-12H2,1-4H3,(H,18,23)/p+1. The van der Waals surface area contributed by atoms with E-state index in [1.807, 2.05) is 49.9 Å². The minimum absolute atomic E-state index is 0.0391. The summed E-state index contributed by atoms with van der Waals surface area (Å²) in [5.74, 6) is 1.62. The number of rotatable bonds is 8. The molecule has 1 heterocycles. The lowest BCUT2D eigenvalue weighted by Gasteiger charge is -2.13. The summed E-state index contributed by atoms with van der Waals surface area (Å²) < 4.78 is 9.45. The van der Waals surface area contributed by atoms with Crippen molar-refractivity contribution < 1.29 is 14.4 Å². The highest BCUT2D eigenvalue weighted by molar-refractivity contribution is 7.71. The second-order valence-electron chi connectivity index (χ2n) is 6.04. The number of benzene rings is 1. The van der Waals surface area contributed by atoms with Gasteiger partial charge in [0.2, 0.25) is 4.77 Å². The van der Waals surface area contributed by atoms with Gasteiger partial charge in [-0.1, -0.05) is 6.92 Å². The summed E-state index contributed by atoms with van der Waals surface area (Å²) in [5, 5.41) is 7.51. The topological polar surface area (TPSA) is 65.5 Å². The van der Waals surface area contributed by atoms with Crippen molar-refractivity contribution in [2.45, 2.75) is 20.0 Å². The Morgan fingerprint density at radius 2 is 2.04 bits per heavy atom. The molecule has 1 amide bonds. The molecule has 0 aliphatic rings. The van der Waals surface area contributed by atoms with Gasteiger partial charge in [-0.05, 0) is 42.9 Å². The molecule has 1 unspecified atom stereocenters. The Bertz CT molecular complexity index is 766. The maximum atomic E-state index is 11.8. The van der Waals surface area contributed by atoms with Crippen LogP contribution in [0.15, 0.2) is 24.3 Å². The van der Waals surface area contributed by atoms with Crippen molar-refractivity contribution in [3.8, 4) is 17.1 Å². The van der Waals surface area contributed by atoms with E-state index in [9.17, 15) is 4.79 Å². The van der Waals surface area contributed by atoms with E-state index in [4.69, 9.17) is 17.0 Å². The van der Waals surface area contributed by atoms with Gasteiger partial charge in [-0.25, -0.2) is 0 Å². The van der Waals surface area contributed by atoms with Gasteiger partial charge in [-0.15, -0.1) is 5.10 Å². The lowest BCUT2D eigenvalue weighted by molar-refractivity contribution is -0.895. The Labute approximate surface area is 153 Å². The number of carbonyl (C=O) groups excluding carboxylic acids is 1. The molecule has 2 aromatic rings. The van der Waals surface area contributed by atoms with Gasteiger partial charge in [-0.3, -0.25) is 4.79 Å². The fourth-order valence-corrected chi connectivity index (χ4v) is 2.69. The molecule has 0 fully saturated rings. The van der Waals surface area contributed by atoms with E-state index in [1.54, 1.807) is 11.8 Å². The average Bonchev–Trinajstić information content (AvgIpc) is 2.88. The Morgan fingerprint density at radius 1 is 1.36 bits per heavy atom. The van der Waals surface area contributed by atoms with Crippen LogP contribution in [0.3, 0.4) is 0 Å². The van der Waals surface area contributed by atoms with E-state index in [0.717, 1.165) is 28.5 Å². The van der Waals surface area contributed by atoms with Crippen LogP contribution >= 0.6 is 12.2 Å². The first-order chi connectivity index (χ1) is 12.0. The molecule has 0 saturated heterocycles. The van der Waals surface area contributed by atoms with Crippen LogP contribution in [0.1, 0.15) is 13.3 Å². The second-order valence-corrected chi connectivity index (χ2v) is 6.40. The van der Waals surface area contributed by atoms with Crippen LogP contribution in [0.2, 0.25) is 0 Å². The normalized spacial score (nSPS) is 12.0. The first-order valence-electron chi connectivity index (χ1n) is 8.32. The van der Waals surface area contributed by atoms with Gasteiger partial charge in [-0.2, -0.15) is 4.68 Å². The number of hydrogen-bond donors (Lipinski definition) is 2. The van der Waals surface area contributed by atoms with Crippen LogP contribution in [-0.4, -0.2) is 47.5 Å². The number of hydrogen-bond acceptors (Lipinski definition) is 4. The minimum Gasteiger partial charge on any atom is -0.497 e. The summed E-state index contributed by atoms with van der Waals surface area (Å²) >= 11 is 5.49. The first kappa shape index (κ1) is 19.1. The zero-order valence-corrected chi connectivity index (χ0v) is 16.0. The minimum atomic E-state index is 0.0391. The van der Waals surface area contributed by atoms with Gasteiger partial charge in [0, 0.05) is 19.2 Å². The molecular weight excluding hydrogens is 338 g/mol. The molecule has 7 nitrogen and oxygen atoms in total. The smallest absolute Gasteiger partial charge is 0.275 e. The van der Waals surface area contributed by atoms with Crippen molar-refractivity contribution in [2.75, 3.05) is 27.2 Å². The van der Waals surface area contributed by atoms with Crippen LogP contribution in [0.5, 0.6) is 5.75 Å². The Morgan fingerprint density at radius 3 is 2.64 bits per heavy atom. The van der Waals surface area contributed by atoms with Crippen molar-refractivity contribution in [3.63, 3.8) is 0 Å². The quantitative estimate of drug-likeness (QED) is 0.674. The monoisotopic (exact) mass is 364 g/mol. The molecule has 2 rings (SSSR count). The van der Waals surface area contributed by atoms with Crippen LogP contribution in [0.25, 0.3) is 11.4 Å². The van der Waals surface area contributed by atoms with E-state index < -0.39 is 0 Å².